The van der Waals surface area contributed by atoms with Gasteiger partial charge in [0.15, 0.2) is 5.15 Å². The molecule has 0 fully saturated rings. The first-order valence-electron chi connectivity index (χ1n) is 17.1. The molecule has 0 radical (unpaired) electrons. The number of nitrogens with zero attached hydrogens (tertiary/aromatic N) is 7. The fourth-order valence-electron chi connectivity index (χ4n) is 6.23. The number of hydrogen-bond donors (Lipinski definition) is 1. The van der Waals surface area contributed by atoms with Crippen LogP contribution in [0.2, 0.25) is 35.9 Å². The zero-order valence-corrected chi connectivity index (χ0v) is 31.7. The van der Waals surface area contributed by atoms with Crippen molar-refractivity contribution in [1.29, 1.82) is 0 Å². The molecule has 1 aliphatic heterocycles. The molecule has 0 aliphatic carbocycles. The molecule has 0 saturated heterocycles. The van der Waals surface area contributed by atoms with Crippen LogP contribution in [0, 0.1) is 0 Å². The third kappa shape index (κ3) is 8.96. The first kappa shape index (κ1) is 36.5. The second-order valence-corrected chi connectivity index (χ2v) is 20.4. The van der Waals surface area contributed by atoms with E-state index in [-0.39, 0.29) is 10.7 Å². The van der Waals surface area contributed by atoms with Gasteiger partial charge in [0, 0.05) is 48.8 Å². The molecule has 2 aromatic carbocycles. The van der Waals surface area contributed by atoms with Gasteiger partial charge < -0.3 is 14.0 Å². The van der Waals surface area contributed by atoms with E-state index in [1.165, 1.54) is 17.9 Å². The molecule has 6 rings (SSSR count). The zero-order valence-electron chi connectivity index (χ0n) is 29.2. The minimum Gasteiger partial charge on any atom is -0.453 e. The number of carbonyl (C=O) groups excluding carboxylic acids is 1. The number of imidazole rings is 1. The molecule has 1 aliphatic rings. The van der Waals surface area contributed by atoms with E-state index < -0.39 is 20.2 Å². The van der Waals surface area contributed by atoms with E-state index in [2.05, 4.69) is 35.3 Å². The molecule has 1 amide bonds. The smallest absolute Gasteiger partial charge is 0.411 e. The number of anilines is 1. The van der Waals surface area contributed by atoms with Crippen LogP contribution in [-0.4, -0.2) is 62.0 Å². The summed E-state index contributed by atoms with van der Waals surface area (Å²) in [5.74, 6) is 0.721. The van der Waals surface area contributed by atoms with Crippen molar-refractivity contribution >= 4 is 43.1 Å². The van der Waals surface area contributed by atoms with Gasteiger partial charge in [-0.3, -0.25) is 14.7 Å². The van der Waals surface area contributed by atoms with E-state index in [9.17, 15) is 9.59 Å². The number of aromatic nitrogens is 7. The third-order valence-electron chi connectivity index (χ3n) is 8.94. The van der Waals surface area contributed by atoms with Crippen molar-refractivity contribution < 1.29 is 14.3 Å². The maximum Gasteiger partial charge on any atom is 0.411 e. The Bertz CT molecular complexity index is 2070. The van der Waals surface area contributed by atoms with Crippen LogP contribution in [0.25, 0.3) is 28.2 Å². The molecule has 3 aromatic heterocycles. The molecular weight excluding hydrogens is 707 g/mol. The first-order chi connectivity index (χ1) is 24.5. The van der Waals surface area contributed by atoms with Gasteiger partial charge in [-0.25, -0.2) is 19.4 Å². The van der Waals surface area contributed by atoms with E-state index >= 15 is 0 Å². The van der Waals surface area contributed by atoms with Gasteiger partial charge in [0.2, 0.25) is 0 Å². The SMILES string of the molecule is COC(=O)Nc1ccc2c(c1)CCCCCC[C@H](n1cnc(-c3cc(Cl)ccc3-n3cc(Cl)nn3)cc1=O)c1nc-2cn1COCC[Si](C)(C)C. The summed E-state index contributed by atoms with van der Waals surface area (Å²) in [5, 5.41) is 11.5. The van der Waals surface area contributed by atoms with Crippen LogP contribution < -0.4 is 10.9 Å². The molecule has 15 heteroatoms. The highest BCUT2D eigenvalue weighted by molar-refractivity contribution is 6.76. The summed E-state index contributed by atoms with van der Waals surface area (Å²) in [4.78, 5) is 36.1. The van der Waals surface area contributed by atoms with Crippen LogP contribution >= 0.6 is 23.2 Å². The summed E-state index contributed by atoms with van der Waals surface area (Å²) in [6, 6.07) is 13.2. The van der Waals surface area contributed by atoms with Crippen LogP contribution in [0.5, 0.6) is 0 Å². The molecule has 268 valence electrons. The van der Waals surface area contributed by atoms with Gasteiger partial charge in [-0.2, -0.15) is 0 Å². The number of rotatable bonds is 9. The molecule has 5 aromatic rings. The molecular formula is C36H42Cl2N8O4Si. The fourth-order valence-corrected chi connectivity index (χ4v) is 7.29. The van der Waals surface area contributed by atoms with E-state index in [0.29, 0.717) is 47.4 Å². The molecule has 0 saturated carbocycles. The largest absolute Gasteiger partial charge is 0.453 e. The summed E-state index contributed by atoms with van der Waals surface area (Å²) >= 11 is 12.5. The highest BCUT2D eigenvalue weighted by Crippen LogP contribution is 2.33. The number of fused-ring (bicyclic) bond motifs is 4. The quantitative estimate of drug-likeness (QED) is 0.118. The van der Waals surface area contributed by atoms with Crippen molar-refractivity contribution in [3.05, 3.63) is 93.1 Å². The average molecular weight is 750 g/mol. The van der Waals surface area contributed by atoms with Gasteiger partial charge >= 0.3 is 6.09 Å². The number of benzene rings is 2. The van der Waals surface area contributed by atoms with Gasteiger partial charge in [0.25, 0.3) is 5.56 Å². The third-order valence-corrected chi connectivity index (χ3v) is 11.0. The predicted octanol–water partition coefficient (Wildman–Crippen LogP) is 8.25. The summed E-state index contributed by atoms with van der Waals surface area (Å²) in [6.07, 6.45) is 10.1. The summed E-state index contributed by atoms with van der Waals surface area (Å²) in [7, 11) is 0.0356. The molecule has 51 heavy (non-hydrogen) atoms. The first-order valence-corrected chi connectivity index (χ1v) is 21.5. The van der Waals surface area contributed by atoms with Gasteiger partial charge in [0.05, 0.1) is 42.8 Å². The number of halogens is 2. The van der Waals surface area contributed by atoms with Crippen molar-refractivity contribution in [2.24, 2.45) is 0 Å². The number of hydrogen-bond acceptors (Lipinski definition) is 8. The number of nitrogens with one attached hydrogen (secondary N) is 1. The van der Waals surface area contributed by atoms with Gasteiger partial charge in [0.1, 0.15) is 12.6 Å². The zero-order chi connectivity index (χ0) is 36.1. The highest BCUT2D eigenvalue weighted by Gasteiger charge is 2.25. The van der Waals surface area contributed by atoms with E-state index in [1.54, 1.807) is 35.3 Å². The second kappa shape index (κ2) is 15.9. The Morgan fingerprint density at radius 1 is 1.00 bits per heavy atom. The second-order valence-electron chi connectivity index (χ2n) is 13.9. The lowest BCUT2D eigenvalue weighted by Gasteiger charge is -2.22. The normalized spacial score (nSPS) is 15.1. The molecule has 0 spiro atoms. The lowest BCUT2D eigenvalue weighted by molar-refractivity contribution is 0.0836. The van der Waals surface area contributed by atoms with Crippen molar-refractivity contribution in [2.75, 3.05) is 19.0 Å². The number of amides is 1. The van der Waals surface area contributed by atoms with Gasteiger partial charge in [-0.1, -0.05) is 73.4 Å². The van der Waals surface area contributed by atoms with Crippen LogP contribution in [0.15, 0.2) is 66.0 Å². The summed E-state index contributed by atoms with van der Waals surface area (Å²) in [5.41, 5.74) is 4.94. The Morgan fingerprint density at radius 2 is 1.82 bits per heavy atom. The Hall–Kier alpha value is -4.30. The van der Waals surface area contributed by atoms with Crippen molar-refractivity contribution in [1.82, 2.24) is 34.1 Å². The molecule has 1 atom stereocenters. The summed E-state index contributed by atoms with van der Waals surface area (Å²) in [6.45, 7) is 7.91. The van der Waals surface area contributed by atoms with Crippen molar-refractivity contribution in [3.63, 3.8) is 0 Å². The Labute approximate surface area is 307 Å². The molecule has 2 bridgehead atoms. The summed E-state index contributed by atoms with van der Waals surface area (Å²) < 4.78 is 16.3. The standard InChI is InChI=1S/C36H42Cl2N8O4Si/c1-49-36(48)40-26-12-13-27-24(17-26)9-7-5-6-8-10-32(35-41-30(27)20-44(35)23-50-15-16-51(2,3)4)45-22-39-29(19-34(45)47)28-18-25(37)11-14-31(28)46-21-33(38)42-43-46/h11-14,17-22,32H,5-10,15-16,23H2,1-4H3,(H,40,48)/t32-/m0/s1. The number of ether oxygens (including phenoxy) is 2. The lowest BCUT2D eigenvalue weighted by atomic mass is 9.97. The predicted molar refractivity (Wildman–Crippen MR) is 202 cm³/mol. The van der Waals surface area contributed by atoms with Crippen molar-refractivity contribution in [3.8, 4) is 28.2 Å². The Balaban J connectivity index is 1.42. The van der Waals surface area contributed by atoms with Crippen molar-refractivity contribution in [2.45, 2.75) is 77.0 Å². The molecule has 0 unspecified atom stereocenters. The average Bonchev–Trinajstić information content (AvgIpc) is 3.72. The number of methoxy groups -OCH3 is 1. The fraction of sp³-hybridized carbons (Fsp3) is 0.389. The molecule has 4 heterocycles. The monoisotopic (exact) mass is 748 g/mol. The van der Waals surface area contributed by atoms with Crippen LogP contribution in [0.1, 0.15) is 49.5 Å². The van der Waals surface area contributed by atoms with Crippen LogP contribution in [-0.2, 0) is 22.6 Å². The number of aryl methyl sites for hydroxylation is 1. The minimum atomic E-state index is -1.31. The topological polar surface area (TPSA) is 131 Å². The molecule has 12 nitrogen and oxygen atoms in total. The van der Waals surface area contributed by atoms with Gasteiger partial charge in [-0.05, 0) is 61.2 Å². The number of carbonyl (C=O) groups is 1. The van der Waals surface area contributed by atoms with E-state index in [1.807, 2.05) is 29.0 Å². The maximum atomic E-state index is 14.1. The minimum absolute atomic E-state index is 0.227. The lowest BCUT2D eigenvalue weighted by Crippen LogP contribution is -2.28. The van der Waals surface area contributed by atoms with Crippen LogP contribution in [0.3, 0.4) is 0 Å². The molecule has 1 N–H and O–H groups in total. The Kier molecular flexibility index (Phi) is 11.4. The Morgan fingerprint density at radius 3 is 2.57 bits per heavy atom. The highest BCUT2D eigenvalue weighted by atomic mass is 35.5. The van der Waals surface area contributed by atoms with E-state index in [4.69, 9.17) is 42.6 Å². The van der Waals surface area contributed by atoms with Crippen LogP contribution in [0.4, 0.5) is 10.5 Å². The van der Waals surface area contributed by atoms with E-state index in [0.717, 1.165) is 60.8 Å². The van der Waals surface area contributed by atoms with Gasteiger partial charge in [-0.15, -0.1) is 5.10 Å². The maximum absolute atomic E-state index is 14.1.